The topological polar surface area (TPSA) is 38.3 Å². The first-order valence-corrected chi connectivity index (χ1v) is 8.89. The van der Waals surface area contributed by atoms with Gasteiger partial charge in [0.25, 0.3) is 0 Å². The minimum absolute atomic E-state index is 0.0854. The van der Waals surface area contributed by atoms with Gasteiger partial charge in [-0.05, 0) is 42.0 Å². The molecule has 25 heavy (non-hydrogen) atoms. The van der Waals surface area contributed by atoms with E-state index in [4.69, 9.17) is 4.74 Å². The number of ether oxygens (including phenoxy) is 1. The number of benzene rings is 3. The third-order valence-electron chi connectivity index (χ3n) is 4.25. The first-order chi connectivity index (χ1) is 12.3. The van der Waals surface area contributed by atoms with Crippen molar-refractivity contribution in [1.82, 2.24) is 0 Å². The molecule has 1 heterocycles. The Morgan fingerprint density at radius 2 is 1.68 bits per heavy atom. The summed E-state index contributed by atoms with van der Waals surface area (Å²) < 4.78 is 7.21. The largest absolute Gasteiger partial charge is 0.497 e. The van der Waals surface area contributed by atoms with Crippen molar-refractivity contribution in [3.8, 4) is 5.75 Å². The Hall–Kier alpha value is -2.85. The summed E-state index contributed by atoms with van der Waals surface area (Å²) in [5.41, 5.74) is 2.09. The van der Waals surface area contributed by atoms with Gasteiger partial charge in [0.1, 0.15) is 5.75 Å². The molecule has 0 atom stereocenters. The molecule has 4 heteroatoms. The summed E-state index contributed by atoms with van der Waals surface area (Å²) in [7, 11) is 1.66. The summed E-state index contributed by atoms with van der Waals surface area (Å²) in [6, 6.07) is 21.7. The van der Waals surface area contributed by atoms with Crippen LogP contribution in [-0.2, 0) is 6.54 Å². The molecule has 1 N–H and O–H groups in total. The van der Waals surface area contributed by atoms with E-state index in [9.17, 15) is 4.79 Å². The zero-order valence-corrected chi connectivity index (χ0v) is 14.6. The van der Waals surface area contributed by atoms with E-state index in [0.717, 1.165) is 37.2 Å². The lowest BCUT2D eigenvalue weighted by Crippen LogP contribution is -2.06. The Kier molecular flexibility index (Phi) is 4.12. The third-order valence-corrected chi connectivity index (χ3v) is 5.38. The third kappa shape index (κ3) is 2.96. The van der Waals surface area contributed by atoms with E-state index in [0.29, 0.717) is 6.54 Å². The molecular weight excluding hydrogens is 330 g/mol. The summed E-state index contributed by atoms with van der Waals surface area (Å²) in [5.74, 6) is 0.837. The summed E-state index contributed by atoms with van der Waals surface area (Å²) in [6.45, 7) is 0.653. The second-order valence-corrected chi connectivity index (χ2v) is 6.89. The fraction of sp³-hybridized carbons (Fsp3) is 0.0952. The Morgan fingerprint density at radius 1 is 0.920 bits per heavy atom. The minimum atomic E-state index is 0.0854. The lowest BCUT2D eigenvalue weighted by Gasteiger charge is -2.10. The smallest absolute Gasteiger partial charge is 0.197 e. The molecule has 0 aliphatic rings. The van der Waals surface area contributed by atoms with E-state index in [1.165, 1.54) is 0 Å². The highest BCUT2D eigenvalue weighted by molar-refractivity contribution is 7.24. The van der Waals surface area contributed by atoms with Gasteiger partial charge in [-0.15, -0.1) is 11.3 Å². The molecule has 3 aromatic carbocycles. The van der Waals surface area contributed by atoms with Crippen LogP contribution in [0.1, 0.15) is 5.56 Å². The number of nitrogens with one attached hydrogen (secondary N) is 1. The van der Waals surface area contributed by atoms with E-state index in [2.05, 4.69) is 5.32 Å². The fourth-order valence-corrected chi connectivity index (χ4v) is 4.04. The Balaban J connectivity index is 1.74. The van der Waals surface area contributed by atoms with E-state index < -0.39 is 0 Å². The van der Waals surface area contributed by atoms with Crippen LogP contribution in [0.15, 0.2) is 71.5 Å². The maximum Gasteiger partial charge on any atom is 0.197 e. The van der Waals surface area contributed by atoms with Crippen molar-refractivity contribution < 1.29 is 4.74 Å². The van der Waals surface area contributed by atoms with E-state index >= 15 is 0 Å². The van der Waals surface area contributed by atoms with Gasteiger partial charge in [-0.1, -0.05) is 30.3 Å². The van der Waals surface area contributed by atoms with Crippen molar-refractivity contribution in [2.45, 2.75) is 6.54 Å². The van der Waals surface area contributed by atoms with Crippen LogP contribution in [0.3, 0.4) is 0 Å². The van der Waals surface area contributed by atoms with E-state index in [-0.39, 0.29) is 5.43 Å². The van der Waals surface area contributed by atoms with Gasteiger partial charge in [-0.25, -0.2) is 0 Å². The number of anilines is 1. The molecule has 124 valence electrons. The molecule has 4 rings (SSSR count). The molecule has 0 saturated carbocycles. The summed E-state index contributed by atoms with van der Waals surface area (Å²) >= 11 is 1.65. The molecule has 1 aromatic heterocycles. The zero-order valence-electron chi connectivity index (χ0n) is 13.8. The van der Waals surface area contributed by atoms with Crippen LogP contribution in [0.5, 0.6) is 5.75 Å². The molecule has 0 fully saturated rings. The molecule has 0 radical (unpaired) electrons. The first-order valence-electron chi connectivity index (χ1n) is 8.07. The van der Waals surface area contributed by atoms with Crippen LogP contribution in [-0.4, -0.2) is 7.11 Å². The van der Waals surface area contributed by atoms with Gasteiger partial charge >= 0.3 is 0 Å². The van der Waals surface area contributed by atoms with Crippen LogP contribution >= 0.6 is 11.3 Å². The molecule has 0 spiro atoms. The van der Waals surface area contributed by atoms with Crippen molar-refractivity contribution in [3.05, 3.63) is 82.5 Å². The molecule has 0 aliphatic heterocycles. The van der Waals surface area contributed by atoms with Crippen molar-refractivity contribution >= 4 is 37.2 Å². The average molecular weight is 347 g/mol. The standard InChI is InChI=1S/C21H17NO2S/c1-24-15-11-9-14(10-12-15)13-22-17-6-4-8-19-20(17)21(23)16-5-2-3-7-18(16)25-19/h2-12,22H,13H2,1H3. The second-order valence-electron chi connectivity index (χ2n) is 5.81. The number of methoxy groups -OCH3 is 1. The van der Waals surface area contributed by atoms with Gasteiger partial charge < -0.3 is 10.1 Å². The normalized spacial score (nSPS) is 10.9. The van der Waals surface area contributed by atoms with Gasteiger partial charge in [0.15, 0.2) is 5.43 Å². The number of rotatable bonds is 4. The van der Waals surface area contributed by atoms with Crippen LogP contribution < -0.4 is 15.5 Å². The van der Waals surface area contributed by atoms with Gasteiger partial charge in [-0.2, -0.15) is 0 Å². The van der Waals surface area contributed by atoms with E-state index in [1.807, 2.05) is 66.7 Å². The van der Waals surface area contributed by atoms with Crippen LogP contribution in [0.25, 0.3) is 20.2 Å². The predicted molar refractivity (Wildman–Crippen MR) is 106 cm³/mol. The van der Waals surface area contributed by atoms with Crippen LogP contribution in [0.2, 0.25) is 0 Å². The number of hydrogen-bond donors (Lipinski definition) is 1. The molecule has 4 aromatic rings. The highest BCUT2D eigenvalue weighted by Crippen LogP contribution is 2.29. The van der Waals surface area contributed by atoms with Crippen molar-refractivity contribution in [1.29, 1.82) is 0 Å². The van der Waals surface area contributed by atoms with Crippen LogP contribution in [0, 0.1) is 0 Å². The first kappa shape index (κ1) is 15.7. The maximum atomic E-state index is 13.0. The fourth-order valence-electron chi connectivity index (χ4n) is 2.93. The molecule has 0 aliphatic carbocycles. The predicted octanol–water partition coefficient (Wildman–Crippen LogP) is 5.04. The minimum Gasteiger partial charge on any atom is -0.497 e. The van der Waals surface area contributed by atoms with Gasteiger partial charge in [0, 0.05) is 27.0 Å². The summed E-state index contributed by atoms with van der Waals surface area (Å²) in [4.78, 5) is 13.0. The van der Waals surface area contributed by atoms with Gasteiger partial charge in [0.05, 0.1) is 12.5 Å². The molecular formula is C21H17NO2S. The highest BCUT2D eigenvalue weighted by atomic mass is 32.1. The van der Waals surface area contributed by atoms with Crippen LogP contribution in [0.4, 0.5) is 5.69 Å². The molecule has 0 saturated heterocycles. The van der Waals surface area contributed by atoms with Gasteiger partial charge in [0.2, 0.25) is 0 Å². The Bertz CT molecular complexity index is 1100. The van der Waals surface area contributed by atoms with Crippen molar-refractivity contribution in [2.75, 3.05) is 12.4 Å². The average Bonchev–Trinajstić information content (AvgIpc) is 2.67. The Morgan fingerprint density at radius 3 is 2.48 bits per heavy atom. The summed E-state index contributed by atoms with van der Waals surface area (Å²) in [6.07, 6.45) is 0. The Labute approximate surface area is 149 Å². The molecule has 0 unspecified atom stereocenters. The molecule has 0 bridgehead atoms. The quantitative estimate of drug-likeness (QED) is 0.526. The van der Waals surface area contributed by atoms with Crippen molar-refractivity contribution in [3.63, 3.8) is 0 Å². The van der Waals surface area contributed by atoms with Gasteiger partial charge in [-0.3, -0.25) is 4.79 Å². The van der Waals surface area contributed by atoms with E-state index in [1.54, 1.807) is 18.4 Å². The second kappa shape index (κ2) is 6.57. The number of fused-ring (bicyclic) bond motifs is 2. The lowest BCUT2D eigenvalue weighted by atomic mass is 10.1. The number of hydrogen-bond acceptors (Lipinski definition) is 4. The van der Waals surface area contributed by atoms with Crippen molar-refractivity contribution in [2.24, 2.45) is 0 Å². The highest BCUT2D eigenvalue weighted by Gasteiger charge is 2.09. The summed E-state index contributed by atoms with van der Waals surface area (Å²) in [5, 5.41) is 4.95. The molecule has 3 nitrogen and oxygen atoms in total. The monoisotopic (exact) mass is 347 g/mol. The SMILES string of the molecule is COc1ccc(CNc2cccc3sc4ccccc4c(=O)c23)cc1. The zero-order chi connectivity index (χ0) is 17.2. The maximum absolute atomic E-state index is 13.0. The molecule has 0 amide bonds. The lowest BCUT2D eigenvalue weighted by molar-refractivity contribution is 0.414.